The van der Waals surface area contributed by atoms with E-state index in [9.17, 15) is 19.2 Å². The van der Waals surface area contributed by atoms with Gasteiger partial charge in [0.05, 0.1) is 58.5 Å². The van der Waals surface area contributed by atoms with Crippen molar-refractivity contribution in [1.82, 2.24) is 68.7 Å². The van der Waals surface area contributed by atoms with E-state index in [0.717, 1.165) is 28.2 Å². The van der Waals surface area contributed by atoms with Crippen molar-refractivity contribution in [2.24, 2.45) is 11.8 Å². The predicted octanol–water partition coefficient (Wildman–Crippen LogP) is 5.15. The van der Waals surface area contributed by atoms with E-state index in [1.165, 1.54) is 6.20 Å². The number of imidazole rings is 2. The number of nitriles is 2. The van der Waals surface area contributed by atoms with Crippen LogP contribution >= 0.6 is 0 Å². The molecule has 2 atom stereocenters. The first-order chi connectivity index (χ1) is 34.5. The molecule has 0 unspecified atom stereocenters. The van der Waals surface area contributed by atoms with Crippen molar-refractivity contribution in [3.8, 4) is 34.9 Å². The van der Waals surface area contributed by atoms with Crippen LogP contribution in [-0.2, 0) is 21.1 Å². The van der Waals surface area contributed by atoms with Crippen molar-refractivity contribution < 1.29 is 23.9 Å². The lowest BCUT2D eigenvalue weighted by Crippen LogP contribution is -2.55. The Labute approximate surface area is 414 Å². The Morgan fingerprint density at radius 1 is 0.736 bits per heavy atom. The lowest BCUT2D eigenvalue weighted by atomic mass is 10.0. The number of pyridine rings is 2. The summed E-state index contributed by atoms with van der Waals surface area (Å²) in [6.45, 7) is 16.6. The third-order valence-electron chi connectivity index (χ3n) is 12.7. The Bertz CT molecular complexity index is 3490. The molecule has 3 N–H and O–H groups in total. The van der Waals surface area contributed by atoms with Gasteiger partial charge in [0, 0.05) is 65.6 Å². The fourth-order valence-corrected chi connectivity index (χ4v) is 9.22. The van der Waals surface area contributed by atoms with E-state index in [2.05, 4.69) is 72.3 Å². The summed E-state index contributed by atoms with van der Waals surface area (Å²) in [4.78, 5) is 85.3. The minimum atomic E-state index is -1.26. The van der Waals surface area contributed by atoms with Gasteiger partial charge in [-0.3, -0.25) is 19.2 Å². The minimum Gasteiger partial charge on any atom is -0.361 e. The van der Waals surface area contributed by atoms with Gasteiger partial charge in [-0.25, -0.2) is 29.9 Å². The highest BCUT2D eigenvalue weighted by Crippen LogP contribution is 2.28. The van der Waals surface area contributed by atoms with Crippen molar-refractivity contribution in [3.05, 3.63) is 96.4 Å². The summed E-state index contributed by atoms with van der Waals surface area (Å²) in [5, 5.41) is 23.4. The van der Waals surface area contributed by atoms with Crippen LogP contribution < -0.4 is 10.6 Å². The number of nitrogens with one attached hydrogen (secondary N) is 3. The van der Waals surface area contributed by atoms with Crippen LogP contribution in [0.3, 0.4) is 0 Å². The van der Waals surface area contributed by atoms with Crippen LogP contribution in [0.5, 0.6) is 0 Å². The number of nitrogens with zero attached hydrogens (tertiary/aromatic N) is 13. The number of likely N-dealkylation sites (tertiary alicyclic amines) is 2. The van der Waals surface area contributed by atoms with Gasteiger partial charge in [-0.15, -0.1) is 0 Å². The van der Waals surface area contributed by atoms with Crippen LogP contribution in [0.4, 0.5) is 0 Å². The van der Waals surface area contributed by atoms with Gasteiger partial charge in [-0.1, -0.05) is 31.8 Å². The van der Waals surface area contributed by atoms with Crippen molar-refractivity contribution in [1.29, 1.82) is 10.5 Å². The van der Waals surface area contributed by atoms with Crippen LogP contribution in [0, 0.1) is 48.3 Å². The topological polar surface area (TPSA) is 263 Å². The molecule has 2 aliphatic heterocycles. The first kappa shape index (κ1) is 48.7. The van der Waals surface area contributed by atoms with E-state index in [1.54, 1.807) is 59.5 Å². The molecule has 10 rings (SSSR count). The second kappa shape index (κ2) is 19.8. The highest BCUT2D eigenvalue weighted by atomic mass is 28.3. The summed E-state index contributed by atoms with van der Waals surface area (Å²) in [6, 6.07) is 11.8. The van der Waals surface area contributed by atoms with E-state index in [4.69, 9.17) is 20.2 Å². The van der Waals surface area contributed by atoms with Gasteiger partial charge in [0.15, 0.2) is 11.3 Å². The molecule has 0 aromatic carbocycles. The van der Waals surface area contributed by atoms with Crippen LogP contribution in [0.25, 0.3) is 56.1 Å². The molecule has 8 aromatic heterocycles. The molecule has 368 valence electrons. The smallest absolute Gasteiger partial charge is 0.255 e. The zero-order valence-corrected chi connectivity index (χ0v) is 42.0. The molecule has 4 amide bonds. The lowest BCUT2D eigenvalue weighted by Gasteiger charge is -2.37. The SMILES string of the molecule is Cc1ccc2c(-c3cnc4[nH]cc(C(=O)N[C@H](C)C(=O)N5CC(C#N)C5)c4n3)ncn2c1.Cc1ccc2c(-c3cnc4c(n3)c(C(=O)N[C@H](C)C(=O)N3CC(C#N)C3)cn4COCC[Si](C)(C)C)ncn2c1. The Kier molecular flexibility index (Phi) is 13.4. The molecule has 10 heterocycles. The number of ether oxygens (including phenoxy) is 1. The molecule has 0 radical (unpaired) electrons. The molecule has 0 aliphatic carbocycles. The quantitative estimate of drug-likeness (QED) is 0.0999. The Morgan fingerprint density at radius 3 is 1.78 bits per heavy atom. The molecule has 2 aliphatic rings. The Hall–Kier alpha value is -8.34. The first-order valence-corrected chi connectivity index (χ1v) is 27.3. The summed E-state index contributed by atoms with van der Waals surface area (Å²) < 4.78 is 11.6. The van der Waals surface area contributed by atoms with Gasteiger partial charge < -0.3 is 43.5 Å². The largest absolute Gasteiger partial charge is 0.361 e. The summed E-state index contributed by atoms with van der Waals surface area (Å²) in [6.07, 6.45) is 13.9. The van der Waals surface area contributed by atoms with Gasteiger partial charge in [0.1, 0.15) is 65.3 Å². The maximum atomic E-state index is 13.5. The second-order valence-electron chi connectivity index (χ2n) is 19.7. The number of carbonyl (C=O) groups is 4. The third-order valence-corrected chi connectivity index (χ3v) is 14.4. The number of H-pyrrole nitrogens is 1. The van der Waals surface area contributed by atoms with E-state index < -0.39 is 32.0 Å². The number of aryl methyl sites for hydroxylation is 2. The highest BCUT2D eigenvalue weighted by molar-refractivity contribution is 6.76. The van der Waals surface area contributed by atoms with Gasteiger partial charge in [-0.05, 0) is 57.0 Å². The normalized spacial score (nSPS) is 14.8. The minimum absolute atomic E-state index is 0.132. The fourth-order valence-electron chi connectivity index (χ4n) is 8.47. The van der Waals surface area contributed by atoms with Crippen molar-refractivity contribution in [2.75, 3.05) is 32.8 Å². The van der Waals surface area contributed by atoms with Gasteiger partial charge in [0.2, 0.25) is 11.8 Å². The number of aromatic amines is 1. The first-order valence-electron chi connectivity index (χ1n) is 23.6. The molecule has 21 nitrogen and oxygen atoms in total. The average Bonchev–Trinajstić information content (AvgIpc) is 4.13. The lowest BCUT2D eigenvalue weighted by molar-refractivity contribution is -0.138. The fraction of sp³-hybridized carbons (Fsp3) is 0.360. The zero-order chi connectivity index (χ0) is 51.0. The van der Waals surface area contributed by atoms with E-state index in [-0.39, 0.29) is 30.4 Å². The second-order valence-corrected chi connectivity index (χ2v) is 25.3. The Balaban J connectivity index is 0.000000182. The molecule has 0 saturated carbocycles. The van der Waals surface area contributed by atoms with Crippen LogP contribution in [-0.4, -0.2) is 135 Å². The number of hydrogen-bond acceptors (Lipinski definition) is 13. The van der Waals surface area contributed by atoms with E-state index in [1.807, 2.05) is 59.3 Å². The molecule has 0 bridgehead atoms. The standard InChI is InChI=1S/C28H34N8O3Si.C22H20N8O2/c1-18-6-7-23-25(31-16-35(23)12-18)22-11-30-26-24(33-22)21(15-36(26)17-39-8-9-40(3,4)5)27(37)32-19(2)28(38)34-13-20(10-29)14-34;1-12-3-4-17-19(26-11-30(17)8-12)16-7-25-20-18(28-16)15(6-24-20)21(31)27-13(2)22(32)29-9-14(5-23)10-29/h6-7,11-12,15-16,19-20H,8-9,13-14,17H2,1-5H3,(H,32,37);3-4,6-8,11,13-14H,9-10H2,1-2H3,(H,24,25)(H,27,31)/t19-;13-/m11/s1. The van der Waals surface area contributed by atoms with E-state index >= 15 is 0 Å². The summed E-state index contributed by atoms with van der Waals surface area (Å²) in [5.41, 5.74) is 8.78. The van der Waals surface area contributed by atoms with Crippen molar-refractivity contribution >= 4 is 65.1 Å². The average molecular weight is 987 g/mol. The number of amides is 4. The summed E-state index contributed by atoms with van der Waals surface area (Å²) in [5.74, 6) is -1.57. The van der Waals surface area contributed by atoms with Crippen molar-refractivity contribution in [2.45, 2.75) is 72.2 Å². The van der Waals surface area contributed by atoms with Crippen molar-refractivity contribution in [3.63, 3.8) is 0 Å². The predicted molar refractivity (Wildman–Crippen MR) is 269 cm³/mol. The number of carbonyl (C=O) groups excluding carboxylic acids is 4. The van der Waals surface area contributed by atoms with Crippen LogP contribution in [0.1, 0.15) is 45.7 Å². The summed E-state index contributed by atoms with van der Waals surface area (Å²) >= 11 is 0. The molecule has 72 heavy (non-hydrogen) atoms. The maximum Gasteiger partial charge on any atom is 0.255 e. The van der Waals surface area contributed by atoms with Gasteiger partial charge in [0.25, 0.3) is 11.8 Å². The molecule has 8 aromatic rings. The molecule has 2 saturated heterocycles. The monoisotopic (exact) mass is 986 g/mol. The maximum absolute atomic E-state index is 13.5. The number of rotatable bonds is 13. The third kappa shape index (κ3) is 9.99. The Morgan fingerprint density at radius 2 is 1.25 bits per heavy atom. The molecule has 0 spiro atoms. The summed E-state index contributed by atoms with van der Waals surface area (Å²) in [7, 11) is -1.26. The molecular weight excluding hydrogens is 933 g/mol. The van der Waals surface area contributed by atoms with Gasteiger partial charge in [-0.2, -0.15) is 10.5 Å². The number of aromatic nitrogens is 10. The molecule has 22 heteroatoms. The van der Waals surface area contributed by atoms with E-state index in [0.29, 0.717) is 89.0 Å². The molecular formula is C50H54N16O5Si. The highest BCUT2D eigenvalue weighted by Gasteiger charge is 2.35. The van der Waals surface area contributed by atoms with Crippen LogP contribution in [0.15, 0.2) is 74.1 Å². The number of hydrogen-bond donors (Lipinski definition) is 3. The van der Waals surface area contributed by atoms with Crippen LogP contribution in [0.2, 0.25) is 25.7 Å². The number of fused-ring (bicyclic) bond motifs is 4. The van der Waals surface area contributed by atoms with Gasteiger partial charge >= 0.3 is 0 Å². The molecule has 2 fully saturated rings. The zero-order valence-electron chi connectivity index (χ0n) is 41.0.